The summed E-state index contributed by atoms with van der Waals surface area (Å²) in [6, 6.07) is 9.94. The second-order valence-corrected chi connectivity index (χ2v) is 6.43. The maximum absolute atomic E-state index is 12.7. The van der Waals surface area contributed by atoms with Crippen LogP contribution in [0.1, 0.15) is 25.8 Å². The van der Waals surface area contributed by atoms with E-state index in [2.05, 4.69) is 0 Å². The quantitative estimate of drug-likeness (QED) is 0.880. The third-order valence-corrected chi connectivity index (χ3v) is 4.85. The minimum absolute atomic E-state index is 0.181. The van der Waals surface area contributed by atoms with E-state index >= 15 is 0 Å². The Morgan fingerprint density at radius 2 is 1.95 bits per heavy atom. The monoisotopic (exact) mass is 259 g/mol. The lowest BCUT2D eigenvalue weighted by molar-refractivity contribution is -0.135. The minimum atomic E-state index is -0.490. The Bertz CT molecular complexity index is 483. The first-order valence-corrected chi connectivity index (χ1v) is 7.03. The summed E-state index contributed by atoms with van der Waals surface area (Å²) in [5.74, 6) is 1.02. The van der Waals surface area contributed by atoms with Crippen LogP contribution < -0.4 is 0 Å². The van der Waals surface area contributed by atoms with Crippen molar-refractivity contribution in [3.63, 3.8) is 0 Å². The van der Waals surface area contributed by atoms with Gasteiger partial charge in [-0.3, -0.25) is 4.79 Å². The van der Waals surface area contributed by atoms with Crippen LogP contribution in [0.3, 0.4) is 0 Å². The lowest BCUT2D eigenvalue weighted by Gasteiger charge is -2.34. The zero-order valence-electron chi connectivity index (χ0n) is 11.5. The first kappa shape index (κ1) is 12.7. The molecule has 1 aliphatic carbocycles. The molecule has 3 atom stereocenters. The standard InChI is InChI=1S/C16H21NO2/c1-16(2,12-6-4-3-5-7-12)15(19)17-9-11-8-14(18)13(11)10-17/h3-7,11,13-14,18H,8-10H2,1-2H3/t11-,13+,14-/m1/s1. The van der Waals surface area contributed by atoms with Crippen LogP contribution in [0.2, 0.25) is 0 Å². The van der Waals surface area contributed by atoms with Crippen LogP contribution in [0.4, 0.5) is 0 Å². The largest absolute Gasteiger partial charge is 0.393 e. The Balaban J connectivity index is 1.77. The first-order chi connectivity index (χ1) is 9.00. The topological polar surface area (TPSA) is 40.5 Å². The summed E-state index contributed by atoms with van der Waals surface area (Å²) < 4.78 is 0. The van der Waals surface area contributed by atoms with E-state index in [0.717, 1.165) is 25.1 Å². The number of fused-ring (bicyclic) bond motifs is 1. The molecular formula is C16H21NO2. The number of benzene rings is 1. The number of likely N-dealkylation sites (tertiary alicyclic amines) is 1. The maximum Gasteiger partial charge on any atom is 0.232 e. The van der Waals surface area contributed by atoms with Crippen molar-refractivity contribution >= 4 is 5.91 Å². The summed E-state index contributed by atoms with van der Waals surface area (Å²) >= 11 is 0. The van der Waals surface area contributed by atoms with Crippen LogP contribution in [0.15, 0.2) is 30.3 Å². The Morgan fingerprint density at radius 1 is 1.26 bits per heavy atom. The second kappa shape index (κ2) is 4.34. The number of aliphatic hydroxyl groups is 1. The molecule has 1 aliphatic heterocycles. The number of carbonyl (C=O) groups is 1. The summed E-state index contributed by atoms with van der Waals surface area (Å²) in [6.45, 7) is 5.51. The van der Waals surface area contributed by atoms with Crippen LogP contribution in [-0.2, 0) is 10.2 Å². The highest BCUT2D eigenvalue weighted by Gasteiger charge is 2.49. The molecule has 1 aromatic carbocycles. The summed E-state index contributed by atoms with van der Waals surface area (Å²) in [4.78, 5) is 14.7. The van der Waals surface area contributed by atoms with Crippen LogP contribution in [-0.4, -0.2) is 35.1 Å². The lowest BCUT2D eigenvalue weighted by atomic mass is 9.74. The average molecular weight is 259 g/mol. The van der Waals surface area contributed by atoms with Gasteiger partial charge in [0.15, 0.2) is 0 Å². The van der Waals surface area contributed by atoms with E-state index in [0.29, 0.717) is 11.8 Å². The number of rotatable bonds is 2. The second-order valence-electron chi connectivity index (χ2n) is 6.43. The van der Waals surface area contributed by atoms with Crippen molar-refractivity contribution in [2.24, 2.45) is 11.8 Å². The van der Waals surface area contributed by atoms with Gasteiger partial charge in [-0.15, -0.1) is 0 Å². The molecule has 1 saturated carbocycles. The molecule has 1 heterocycles. The smallest absolute Gasteiger partial charge is 0.232 e. The van der Waals surface area contributed by atoms with Gasteiger partial charge < -0.3 is 10.0 Å². The van der Waals surface area contributed by atoms with E-state index in [-0.39, 0.29) is 12.0 Å². The molecule has 102 valence electrons. The molecule has 2 fully saturated rings. The zero-order valence-corrected chi connectivity index (χ0v) is 11.5. The van der Waals surface area contributed by atoms with Gasteiger partial charge in [-0.25, -0.2) is 0 Å². The van der Waals surface area contributed by atoms with Gasteiger partial charge in [-0.2, -0.15) is 0 Å². The molecule has 0 aromatic heterocycles. The van der Waals surface area contributed by atoms with Gasteiger partial charge >= 0.3 is 0 Å². The van der Waals surface area contributed by atoms with Crippen molar-refractivity contribution in [2.75, 3.05) is 13.1 Å². The van der Waals surface area contributed by atoms with Gasteiger partial charge in [0, 0.05) is 19.0 Å². The van der Waals surface area contributed by atoms with Crippen molar-refractivity contribution in [1.82, 2.24) is 4.90 Å². The highest BCUT2D eigenvalue weighted by molar-refractivity contribution is 5.87. The Hall–Kier alpha value is -1.35. The maximum atomic E-state index is 12.7. The normalized spacial score (nSPS) is 29.8. The van der Waals surface area contributed by atoms with Gasteiger partial charge in [0.05, 0.1) is 11.5 Å². The van der Waals surface area contributed by atoms with Crippen molar-refractivity contribution in [2.45, 2.75) is 31.8 Å². The fraction of sp³-hybridized carbons (Fsp3) is 0.562. The van der Waals surface area contributed by atoms with Gasteiger partial charge in [-0.05, 0) is 31.7 Å². The van der Waals surface area contributed by atoms with Crippen molar-refractivity contribution in [3.05, 3.63) is 35.9 Å². The molecule has 1 aromatic rings. The third-order valence-electron chi connectivity index (χ3n) is 4.85. The molecule has 1 saturated heterocycles. The summed E-state index contributed by atoms with van der Waals surface area (Å²) in [5, 5.41) is 9.70. The minimum Gasteiger partial charge on any atom is -0.393 e. The summed E-state index contributed by atoms with van der Waals surface area (Å²) in [7, 11) is 0. The summed E-state index contributed by atoms with van der Waals surface area (Å²) in [6.07, 6.45) is 0.669. The van der Waals surface area contributed by atoms with Crippen molar-refractivity contribution in [1.29, 1.82) is 0 Å². The van der Waals surface area contributed by atoms with Crippen LogP contribution in [0.25, 0.3) is 0 Å². The molecule has 0 unspecified atom stereocenters. The molecule has 0 spiro atoms. The molecule has 1 amide bonds. The Morgan fingerprint density at radius 3 is 2.53 bits per heavy atom. The van der Waals surface area contributed by atoms with Gasteiger partial charge in [0.25, 0.3) is 0 Å². The van der Waals surface area contributed by atoms with Gasteiger partial charge in [0.2, 0.25) is 5.91 Å². The Labute approximate surface area is 114 Å². The third kappa shape index (κ3) is 1.96. The number of nitrogens with zero attached hydrogens (tertiary/aromatic N) is 1. The highest BCUT2D eigenvalue weighted by Crippen LogP contribution is 2.42. The number of aliphatic hydroxyl groups excluding tert-OH is 1. The average Bonchev–Trinajstić information content (AvgIpc) is 2.76. The number of amides is 1. The van der Waals surface area contributed by atoms with Crippen LogP contribution in [0.5, 0.6) is 0 Å². The number of hydrogen-bond donors (Lipinski definition) is 1. The fourth-order valence-corrected chi connectivity index (χ4v) is 3.41. The Kier molecular flexibility index (Phi) is 2.90. The predicted molar refractivity (Wildman–Crippen MR) is 73.7 cm³/mol. The fourth-order valence-electron chi connectivity index (χ4n) is 3.41. The molecule has 3 nitrogen and oxygen atoms in total. The molecule has 2 aliphatic rings. The predicted octanol–water partition coefficient (Wildman–Crippen LogP) is 1.80. The first-order valence-electron chi connectivity index (χ1n) is 7.03. The highest BCUT2D eigenvalue weighted by atomic mass is 16.3. The molecule has 19 heavy (non-hydrogen) atoms. The van der Waals surface area contributed by atoms with Gasteiger partial charge in [0.1, 0.15) is 0 Å². The molecule has 1 N–H and O–H groups in total. The zero-order chi connectivity index (χ0) is 13.6. The number of hydrogen-bond acceptors (Lipinski definition) is 2. The van der Waals surface area contributed by atoms with E-state index in [1.54, 1.807) is 0 Å². The molecule has 3 heteroatoms. The molecular weight excluding hydrogens is 238 g/mol. The molecule has 0 bridgehead atoms. The van der Waals surface area contributed by atoms with Gasteiger partial charge in [-0.1, -0.05) is 30.3 Å². The number of carbonyl (C=O) groups excluding carboxylic acids is 1. The molecule has 0 radical (unpaired) electrons. The van der Waals surface area contributed by atoms with Crippen molar-refractivity contribution in [3.8, 4) is 0 Å². The van der Waals surface area contributed by atoms with E-state index < -0.39 is 5.41 Å². The lowest BCUT2D eigenvalue weighted by Crippen LogP contribution is -2.42. The van der Waals surface area contributed by atoms with Crippen molar-refractivity contribution < 1.29 is 9.90 Å². The van der Waals surface area contributed by atoms with Crippen LogP contribution >= 0.6 is 0 Å². The SMILES string of the molecule is CC(C)(C(=O)N1C[C@H]2C[C@@H](O)[C@H]2C1)c1ccccc1. The summed E-state index contributed by atoms with van der Waals surface area (Å²) in [5.41, 5.74) is 0.565. The molecule has 3 rings (SSSR count). The van der Waals surface area contributed by atoms with Crippen LogP contribution in [0, 0.1) is 11.8 Å². The van der Waals surface area contributed by atoms with E-state index in [4.69, 9.17) is 0 Å². The van der Waals surface area contributed by atoms with E-state index in [1.165, 1.54) is 0 Å². The van der Waals surface area contributed by atoms with E-state index in [9.17, 15) is 9.90 Å². The van der Waals surface area contributed by atoms with E-state index in [1.807, 2.05) is 49.1 Å².